The van der Waals surface area contributed by atoms with Crippen molar-refractivity contribution in [1.29, 1.82) is 0 Å². The zero-order chi connectivity index (χ0) is 10.4. The summed E-state index contributed by atoms with van der Waals surface area (Å²) < 4.78 is 4.96. The van der Waals surface area contributed by atoms with Gasteiger partial charge < -0.3 is 9.53 Å². The predicted octanol–water partition coefficient (Wildman–Crippen LogP) is 0.880. The quantitative estimate of drug-likeness (QED) is 0.525. The Labute approximate surface area is 82.6 Å². The molecule has 1 aromatic rings. The standard InChI is InChI=1S/C10H12N2O2/c1-11-6-9-7-12-10(14-2)5-8(9)3-4-13/h4-7H,3H2,1-2H3. The van der Waals surface area contributed by atoms with Crippen LogP contribution in [0.25, 0.3) is 0 Å². The van der Waals surface area contributed by atoms with Gasteiger partial charge in [-0.05, 0) is 5.56 Å². The van der Waals surface area contributed by atoms with E-state index >= 15 is 0 Å². The minimum absolute atomic E-state index is 0.347. The van der Waals surface area contributed by atoms with Crippen LogP contribution in [0.2, 0.25) is 0 Å². The number of hydrogen-bond acceptors (Lipinski definition) is 4. The van der Waals surface area contributed by atoms with Gasteiger partial charge in [-0.1, -0.05) is 0 Å². The van der Waals surface area contributed by atoms with Crippen molar-refractivity contribution in [2.45, 2.75) is 6.42 Å². The van der Waals surface area contributed by atoms with Crippen LogP contribution in [0.1, 0.15) is 11.1 Å². The van der Waals surface area contributed by atoms with E-state index in [4.69, 9.17) is 4.74 Å². The molecule has 74 valence electrons. The molecule has 0 saturated heterocycles. The average molecular weight is 192 g/mol. The number of aliphatic imine (C=N–C) groups is 1. The number of carbonyl (C=O) groups is 1. The normalized spacial score (nSPS) is 10.4. The van der Waals surface area contributed by atoms with Crippen molar-refractivity contribution in [1.82, 2.24) is 4.98 Å². The lowest BCUT2D eigenvalue weighted by molar-refractivity contribution is -0.107. The third-order valence-electron chi connectivity index (χ3n) is 1.78. The molecule has 0 spiro atoms. The maximum Gasteiger partial charge on any atom is 0.213 e. The third-order valence-corrected chi connectivity index (χ3v) is 1.78. The molecule has 4 heteroatoms. The van der Waals surface area contributed by atoms with Gasteiger partial charge in [0.15, 0.2) is 0 Å². The topological polar surface area (TPSA) is 51.6 Å². The van der Waals surface area contributed by atoms with Gasteiger partial charge >= 0.3 is 0 Å². The fourth-order valence-electron chi connectivity index (χ4n) is 1.12. The monoisotopic (exact) mass is 192 g/mol. The molecular weight excluding hydrogens is 180 g/mol. The van der Waals surface area contributed by atoms with E-state index in [1.54, 1.807) is 32.6 Å². The van der Waals surface area contributed by atoms with E-state index in [9.17, 15) is 4.79 Å². The molecule has 0 N–H and O–H groups in total. The number of carbonyl (C=O) groups excluding carboxylic acids is 1. The first-order valence-corrected chi connectivity index (χ1v) is 4.20. The van der Waals surface area contributed by atoms with Crippen LogP contribution in [0.15, 0.2) is 17.3 Å². The summed E-state index contributed by atoms with van der Waals surface area (Å²) in [6.45, 7) is 0. The predicted molar refractivity (Wildman–Crippen MR) is 54.1 cm³/mol. The first-order valence-electron chi connectivity index (χ1n) is 4.20. The molecule has 0 unspecified atom stereocenters. The van der Waals surface area contributed by atoms with Gasteiger partial charge in [-0.15, -0.1) is 0 Å². The number of ether oxygens (including phenoxy) is 1. The highest BCUT2D eigenvalue weighted by Gasteiger charge is 2.02. The summed E-state index contributed by atoms with van der Waals surface area (Å²) in [6.07, 6.45) is 4.51. The zero-order valence-corrected chi connectivity index (χ0v) is 8.23. The first kappa shape index (κ1) is 10.4. The summed E-state index contributed by atoms with van der Waals surface area (Å²) in [7, 11) is 3.22. The largest absolute Gasteiger partial charge is 0.481 e. The van der Waals surface area contributed by atoms with E-state index in [0.29, 0.717) is 12.3 Å². The second-order valence-corrected chi connectivity index (χ2v) is 2.68. The van der Waals surface area contributed by atoms with Crippen molar-refractivity contribution in [3.05, 3.63) is 23.4 Å². The third kappa shape index (κ3) is 2.39. The van der Waals surface area contributed by atoms with Gasteiger partial charge in [-0.2, -0.15) is 0 Å². The molecule has 0 aromatic carbocycles. The van der Waals surface area contributed by atoms with E-state index in [0.717, 1.165) is 17.4 Å². The van der Waals surface area contributed by atoms with E-state index < -0.39 is 0 Å². The van der Waals surface area contributed by atoms with Crippen molar-refractivity contribution in [3.8, 4) is 5.88 Å². The Kier molecular flexibility index (Phi) is 3.79. The minimum Gasteiger partial charge on any atom is -0.481 e. The summed E-state index contributed by atoms with van der Waals surface area (Å²) in [6, 6.07) is 1.74. The number of methoxy groups -OCH3 is 1. The summed E-state index contributed by atoms with van der Waals surface area (Å²) >= 11 is 0. The van der Waals surface area contributed by atoms with E-state index in [-0.39, 0.29) is 0 Å². The molecular formula is C10H12N2O2. The smallest absolute Gasteiger partial charge is 0.213 e. The van der Waals surface area contributed by atoms with Crippen molar-refractivity contribution >= 4 is 12.5 Å². The van der Waals surface area contributed by atoms with Gasteiger partial charge in [0.05, 0.1) is 7.11 Å². The van der Waals surface area contributed by atoms with E-state index in [2.05, 4.69) is 9.98 Å². The fraction of sp³-hybridized carbons (Fsp3) is 0.300. The summed E-state index contributed by atoms with van der Waals surface area (Å²) in [4.78, 5) is 18.3. The van der Waals surface area contributed by atoms with Gasteiger partial charge in [0.25, 0.3) is 0 Å². The minimum atomic E-state index is 0.347. The van der Waals surface area contributed by atoms with Gasteiger partial charge in [0.1, 0.15) is 6.29 Å². The maximum atomic E-state index is 10.4. The Morgan fingerprint density at radius 2 is 2.43 bits per heavy atom. The fourth-order valence-corrected chi connectivity index (χ4v) is 1.12. The summed E-state index contributed by atoms with van der Waals surface area (Å²) in [5.74, 6) is 0.509. The molecule has 0 aliphatic heterocycles. The Balaban J connectivity index is 3.09. The lowest BCUT2D eigenvalue weighted by Gasteiger charge is -2.04. The highest BCUT2D eigenvalue weighted by molar-refractivity contribution is 5.82. The SMILES string of the molecule is CN=Cc1cnc(OC)cc1CC=O. The average Bonchev–Trinajstić information content (AvgIpc) is 2.21. The van der Waals surface area contributed by atoms with Crippen LogP contribution in [-0.2, 0) is 11.2 Å². The molecule has 0 radical (unpaired) electrons. The lowest BCUT2D eigenvalue weighted by atomic mass is 10.1. The number of aromatic nitrogens is 1. The second-order valence-electron chi connectivity index (χ2n) is 2.68. The Morgan fingerprint density at radius 1 is 1.64 bits per heavy atom. The summed E-state index contributed by atoms with van der Waals surface area (Å²) in [5, 5.41) is 0. The van der Waals surface area contributed by atoms with Gasteiger partial charge in [-0.3, -0.25) is 4.99 Å². The molecule has 0 bridgehead atoms. The first-order chi connectivity index (χ1) is 6.81. The van der Waals surface area contributed by atoms with Crippen LogP contribution in [0.4, 0.5) is 0 Å². The molecule has 0 amide bonds. The summed E-state index contributed by atoms with van der Waals surface area (Å²) in [5.41, 5.74) is 1.72. The van der Waals surface area contributed by atoms with Crippen LogP contribution in [0.5, 0.6) is 5.88 Å². The maximum absolute atomic E-state index is 10.4. The van der Waals surface area contributed by atoms with Crippen molar-refractivity contribution in [3.63, 3.8) is 0 Å². The van der Waals surface area contributed by atoms with E-state index in [1.165, 1.54) is 0 Å². The molecule has 14 heavy (non-hydrogen) atoms. The molecule has 0 fully saturated rings. The second kappa shape index (κ2) is 5.11. The Hall–Kier alpha value is -1.71. The van der Waals surface area contributed by atoms with Gasteiger partial charge in [0, 0.05) is 37.5 Å². The lowest BCUT2D eigenvalue weighted by Crippen LogP contribution is -1.98. The van der Waals surface area contributed by atoms with Crippen molar-refractivity contribution in [2.24, 2.45) is 4.99 Å². The molecule has 4 nitrogen and oxygen atoms in total. The zero-order valence-electron chi connectivity index (χ0n) is 8.23. The van der Waals surface area contributed by atoms with Crippen molar-refractivity contribution in [2.75, 3.05) is 14.2 Å². The number of pyridine rings is 1. The molecule has 1 heterocycles. The van der Waals surface area contributed by atoms with Gasteiger partial charge in [-0.25, -0.2) is 4.98 Å². The highest BCUT2D eigenvalue weighted by Crippen LogP contribution is 2.12. The number of nitrogens with zero attached hydrogens (tertiary/aromatic N) is 2. The molecule has 1 aromatic heterocycles. The van der Waals surface area contributed by atoms with Crippen LogP contribution in [-0.4, -0.2) is 31.6 Å². The van der Waals surface area contributed by atoms with Crippen LogP contribution >= 0.6 is 0 Å². The Bertz CT molecular complexity index is 348. The molecule has 0 atom stereocenters. The molecule has 0 aliphatic carbocycles. The Morgan fingerprint density at radius 3 is 3.00 bits per heavy atom. The number of rotatable bonds is 4. The molecule has 1 rings (SSSR count). The number of aldehydes is 1. The van der Waals surface area contributed by atoms with Gasteiger partial charge in [0.2, 0.25) is 5.88 Å². The molecule has 0 saturated carbocycles. The highest BCUT2D eigenvalue weighted by atomic mass is 16.5. The van der Waals surface area contributed by atoms with Crippen LogP contribution in [0.3, 0.4) is 0 Å². The molecule has 0 aliphatic rings. The van der Waals surface area contributed by atoms with Crippen molar-refractivity contribution < 1.29 is 9.53 Å². The number of hydrogen-bond donors (Lipinski definition) is 0. The van der Waals surface area contributed by atoms with E-state index in [1.807, 2.05) is 0 Å². The van der Waals surface area contributed by atoms with Crippen LogP contribution < -0.4 is 4.74 Å². The van der Waals surface area contributed by atoms with Crippen LogP contribution in [0, 0.1) is 0 Å².